The molecular weight excluding hydrogens is 307 g/mol. The number of hydrogen-bond acceptors (Lipinski definition) is 4. The van der Waals surface area contributed by atoms with Gasteiger partial charge in [-0.15, -0.1) is 5.10 Å². The van der Waals surface area contributed by atoms with Crippen LogP contribution in [0.3, 0.4) is 0 Å². The van der Waals surface area contributed by atoms with E-state index in [2.05, 4.69) is 15.1 Å². The number of anilines is 1. The molecule has 0 aromatic carbocycles. The van der Waals surface area contributed by atoms with Gasteiger partial charge in [-0.3, -0.25) is 4.98 Å². The van der Waals surface area contributed by atoms with Crippen molar-refractivity contribution in [3.8, 4) is 11.3 Å². The fraction of sp³-hybridized carbons (Fsp3) is 0.0833. The van der Waals surface area contributed by atoms with E-state index in [-0.39, 0.29) is 5.95 Å². The van der Waals surface area contributed by atoms with Gasteiger partial charge in [0.15, 0.2) is 5.65 Å². The van der Waals surface area contributed by atoms with E-state index in [1.807, 2.05) is 0 Å². The topological polar surface area (TPSA) is 69.1 Å². The first-order valence-corrected chi connectivity index (χ1v) is 6.08. The maximum absolute atomic E-state index is 12.5. The first-order valence-electron chi connectivity index (χ1n) is 5.70. The van der Waals surface area contributed by atoms with Crippen LogP contribution in [0.15, 0.2) is 30.5 Å². The summed E-state index contributed by atoms with van der Waals surface area (Å²) in [5.74, 6) is 0.0402. The minimum atomic E-state index is -4.49. The molecule has 3 aromatic rings. The van der Waals surface area contributed by atoms with Gasteiger partial charge in [0.1, 0.15) is 5.69 Å². The summed E-state index contributed by atoms with van der Waals surface area (Å²) in [6, 6.07) is 5.28. The standard InChI is InChI=1S/C12H7ClF3N5/c13-7-3-8(21-10(4-7)19-11(17)20-21)6-1-2-9(18-5-6)12(14,15)16/h1-5H,(H2,17,20). The van der Waals surface area contributed by atoms with Crippen LogP contribution in [0.5, 0.6) is 0 Å². The van der Waals surface area contributed by atoms with Crippen molar-refractivity contribution in [2.45, 2.75) is 6.18 Å². The Kier molecular flexibility index (Phi) is 2.98. The molecule has 0 amide bonds. The van der Waals surface area contributed by atoms with Crippen molar-refractivity contribution in [3.05, 3.63) is 41.2 Å². The molecule has 0 saturated carbocycles. The molecular formula is C12H7ClF3N5. The summed E-state index contributed by atoms with van der Waals surface area (Å²) >= 11 is 5.96. The number of fused-ring (bicyclic) bond motifs is 1. The molecule has 21 heavy (non-hydrogen) atoms. The Morgan fingerprint density at radius 1 is 1.19 bits per heavy atom. The highest BCUT2D eigenvalue weighted by atomic mass is 35.5. The minimum Gasteiger partial charge on any atom is -0.366 e. The van der Waals surface area contributed by atoms with Gasteiger partial charge < -0.3 is 5.73 Å². The summed E-state index contributed by atoms with van der Waals surface area (Å²) in [6.07, 6.45) is -3.38. The Labute approximate surface area is 121 Å². The van der Waals surface area contributed by atoms with Crippen LogP contribution in [0, 0.1) is 0 Å². The van der Waals surface area contributed by atoms with Crippen molar-refractivity contribution in [1.82, 2.24) is 19.6 Å². The Morgan fingerprint density at radius 2 is 1.95 bits per heavy atom. The highest BCUT2D eigenvalue weighted by molar-refractivity contribution is 6.31. The first-order chi connectivity index (χ1) is 9.84. The highest BCUT2D eigenvalue weighted by Crippen LogP contribution is 2.30. The second kappa shape index (κ2) is 4.59. The molecule has 0 atom stereocenters. The van der Waals surface area contributed by atoms with Crippen molar-refractivity contribution >= 4 is 23.2 Å². The zero-order valence-corrected chi connectivity index (χ0v) is 11.0. The number of alkyl halides is 3. The van der Waals surface area contributed by atoms with Gasteiger partial charge in [0.2, 0.25) is 5.95 Å². The number of nitrogen functional groups attached to an aromatic ring is 1. The average molecular weight is 314 g/mol. The zero-order chi connectivity index (χ0) is 15.2. The van der Waals surface area contributed by atoms with E-state index in [9.17, 15) is 13.2 Å². The van der Waals surface area contributed by atoms with E-state index in [0.717, 1.165) is 12.3 Å². The predicted molar refractivity (Wildman–Crippen MR) is 70.6 cm³/mol. The Morgan fingerprint density at radius 3 is 2.57 bits per heavy atom. The zero-order valence-electron chi connectivity index (χ0n) is 10.3. The molecule has 0 fully saturated rings. The lowest BCUT2D eigenvalue weighted by Crippen LogP contribution is -2.07. The van der Waals surface area contributed by atoms with E-state index in [1.165, 1.54) is 10.6 Å². The van der Waals surface area contributed by atoms with Gasteiger partial charge in [-0.1, -0.05) is 11.6 Å². The number of nitrogens with zero attached hydrogens (tertiary/aromatic N) is 4. The summed E-state index contributed by atoms with van der Waals surface area (Å²) in [7, 11) is 0. The van der Waals surface area contributed by atoms with Crippen LogP contribution in [0.25, 0.3) is 16.9 Å². The number of aromatic nitrogens is 4. The molecule has 3 heterocycles. The molecule has 5 nitrogen and oxygen atoms in total. The van der Waals surface area contributed by atoms with Crippen LogP contribution in [-0.2, 0) is 6.18 Å². The maximum atomic E-state index is 12.5. The van der Waals surface area contributed by atoms with Gasteiger partial charge in [0.05, 0.1) is 5.69 Å². The van der Waals surface area contributed by atoms with Crippen molar-refractivity contribution in [2.75, 3.05) is 5.73 Å². The Bertz CT molecular complexity index is 810. The van der Waals surface area contributed by atoms with Crippen LogP contribution >= 0.6 is 11.6 Å². The van der Waals surface area contributed by atoms with E-state index in [1.54, 1.807) is 12.1 Å². The van der Waals surface area contributed by atoms with E-state index >= 15 is 0 Å². The summed E-state index contributed by atoms with van der Waals surface area (Å²) in [4.78, 5) is 7.37. The normalized spacial score (nSPS) is 12.0. The largest absolute Gasteiger partial charge is 0.433 e. The summed E-state index contributed by atoms with van der Waals surface area (Å²) in [6.45, 7) is 0. The average Bonchev–Trinajstić information content (AvgIpc) is 2.77. The molecule has 0 saturated heterocycles. The molecule has 2 N–H and O–H groups in total. The number of nitrogens with two attached hydrogens (primary N) is 1. The van der Waals surface area contributed by atoms with E-state index in [4.69, 9.17) is 17.3 Å². The highest BCUT2D eigenvalue weighted by Gasteiger charge is 2.32. The van der Waals surface area contributed by atoms with Crippen molar-refractivity contribution < 1.29 is 13.2 Å². The molecule has 3 rings (SSSR count). The van der Waals surface area contributed by atoms with E-state index < -0.39 is 11.9 Å². The SMILES string of the molecule is Nc1nc2cc(Cl)cc(-c3ccc(C(F)(F)F)nc3)n2n1. The lowest BCUT2D eigenvalue weighted by Gasteiger charge is -2.08. The first kappa shape index (κ1) is 13.6. The van der Waals surface area contributed by atoms with Crippen LogP contribution in [0.1, 0.15) is 5.69 Å². The van der Waals surface area contributed by atoms with Crippen LogP contribution in [0.4, 0.5) is 19.1 Å². The van der Waals surface area contributed by atoms with E-state index in [0.29, 0.717) is 21.9 Å². The third kappa shape index (κ3) is 2.49. The maximum Gasteiger partial charge on any atom is 0.433 e. The number of halogens is 4. The third-order valence-corrected chi connectivity index (χ3v) is 2.99. The molecule has 0 radical (unpaired) electrons. The number of hydrogen-bond donors (Lipinski definition) is 1. The predicted octanol–water partition coefficient (Wildman–Crippen LogP) is 3.05. The molecule has 9 heteroatoms. The van der Waals surface area contributed by atoms with Gasteiger partial charge in [-0.05, 0) is 18.2 Å². The van der Waals surface area contributed by atoms with Crippen molar-refractivity contribution in [1.29, 1.82) is 0 Å². The fourth-order valence-corrected chi connectivity index (χ4v) is 2.09. The van der Waals surface area contributed by atoms with Crippen molar-refractivity contribution in [2.24, 2.45) is 0 Å². The summed E-state index contributed by atoms with van der Waals surface area (Å²) in [5.41, 5.74) is 5.81. The summed E-state index contributed by atoms with van der Waals surface area (Å²) < 4.78 is 38.9. The lowest BCUT2D eigenvalue weighted by molar-refractivity contribution is -0.141. The quantitative estimate of drug-likeness (QED) is 0.749. The van der Waals surface area contributed by atoms with Gasteiger partial charge >= 0.3 is 6.18 Å². The fourth-order valence-electron chi connectivity index (χ4n) is 1.89. The number of rotatable bonds is 1. The molecule has 0 aliphatic heterocycles. The molecule has 0 unspecified atom stereocenters. The molecule has 0 aliphatic carbocycles. The van der Waals surface area contributed by atoms with Crippen LogP contribution < -0.4 is 5.73 Å². The molecule has 0 aliphatic rings. The third-order valence-electron chi connectivity index (χ3n) is 2.77. The van der Waals surface area contributed by atoms with Gasteiger partial charge in [-0.2, -0.15) is 18.2 Å². The number of pyridine rings is 2. The monoisotopic (exact) mass is 313 g/mol. The van der Waals surface area contributed by atoms with Gasteiger partial charge in [0.25, 0.3) is 0 Å². The lowest BCUT2D eigenvalue weighted by atomic mass is 10.1. The molecule has 0 spiro atoms. The van der Waals surface area contributed by atoms with Gasteiger partial charge in [-0.25, -0.2) is 4.52 Å². The molecule has 108 valence electrons. The second-order valence-electron chi connectivity index (χ2n) is 4.23. The smallest absolute Gasteiger partial charge is 0.366 e. The van der Waals surface area contributed by atoms with Crippen LogP contribution in [0.2, 0.25) is 5.02 Å². The second-order valence-corrected chi connectivity index (χ2v) is 4.67. The summed E-state index contributed by atoms with van der Waals surface area (Å²) in [5, 5.41) is 4.34. The molecule has 0 bridgehead atoms. The Balaban J connectivity index is 2.16. The molecule has 3 aromatic heterocycles. The van der Waals surface area contributed by atoms with Crippen molar-refractivity contribution in [3.63, 3.8) is 0 Å². The Hall–Kier alpha value is -2.35. The van der Waals surface area contributed by atoms with Gasteiger partial charge in [0, 0.05) is 22.8 Å². The van der Waals surface area contributed by atoms with Crippen LogP contribution in [-0.4, -0.2) is 19.6 Å². The minimum absolute atomic E-state index is 0.0402.